The molecule has 3 rings (SSSR count). The topological polar surface area (TPSA) is 76.6 Å². The third kappa shape index (κ3) is 5.64. The Bertz CT molecular complexity index is 753. The van der Waals surface area contributed by atoms with E-state index in [1.807, 2.05) is 31.1 Å². The van der Waals surface area contributed by atoms with Crippen LogP contribution in [0.25, 0.3) is 0 Å². The van der Waals surface area contributed by atoms with Crippen LogP contribution in [0.15, 0.2) is 36.7 Å². The van der Waals surface area contributed by atoms with Crippen LogP contribution < -0.4 is 15.5 Å². The maximum Gasteiger partial charge on any atom is 0.254 e. The number of amides is 1. The average molecular weight is 384 g/mol. The molecule has 8 nitrogen and oxygen atoms in total. The molecule has 2 N–H and O–H groups in total. The van der Waals surface area contributed by atoms with E-state index in [9.17, 15) is 4.79 Å². The van der Waals surface area contributed by atoms with Crippen LogP contribution in [0.2, 0.25) is 0 Å². The molecule has 1 aliphatic heterocycles. The molecule has 1 aromatic heterocycles. The molecule has 1 fully saturated rings. The van der Waals surface area contributed by atoms with Crippen LogP contribution in [0, 0.1) is 0 Å². The molecule has 0 saturated carbocycles. The fourth-order valence-electron chi connectivity index (χ4n) is 2.95. The first-order valence-corrected chi connectivity index (χ1v) is 9.57. The summed E-state index contributed by atoms with van der Waals surface area (Å²) in [5.74, 6) is 0.308. The van der Waals surface area contributed by atoms with Gasteiger partial charge in [0.25, 0.3) is 5.91 Å². The molecule has 0 aliphatic carbocycles. The van der Waals surface area contributed by atoms with E-state index < -0.39 is 0 Å². The average Bonchev–Trinajstić information content (AvgIpc) is 2.69. The Kier molecular flexibility index (Phi) is 6.78. The second kappa shape index (κ2) is 9.48. The normalized spacial score (nSPS) is 14.9. The highest BCUT2D eigenvalue weighted by atomic mass is 16.1. The lowest BCUT2D eigenvalue weighted by atomic mass is 10.2. The lowest BCUT2D eigenvalue weighted by Crippen LogP contribution is -2.44. The van der Waals surface area contributed by atoms with Crippen LogP contribution >= 0.6 is 0 Å². The van der Waals surface area contributed by atoms with Crippen molar-refractivity contribution in [1.29, 1.82) is 0 Å². The maximum absolute atomic E-state index is 12.1. The van der Waals surface area contributed by atoms with Crippen molar-refractivity contribution in [1.82, 2.24) is 25.1 Å². The molecule has 1 aliphatic rings. The number of nitrogens with zero attached hydrogens (tertiary/aromatic N) is 5. The molecule has 0 unspecified atom stereocenters. The van der Waals surface area contributed by atoms with E-state index in [4.69, 9.17) is 0 Å². The summed E-state index contributed by atoms with van der Waals surface area (Å²) < 4.78 is 0. The zero-order chi connectivity index (χ0) is 19.9. The summed E-state index contributed by atoms with van der Waals surface area (Å²) in [4.78, 5) is 27.3. The number of carbonyl (C=O) groups excluding carboxylic acids is 1. The monoisotopic (exact) mass is 383 g/mol. The zero-order valence-electron chi connectivity index (χ0n) is 16.9. The number of hydrogen-bond acceptors (Lipinski definition) is 7. The number of likely N-dealkylation sites (N-methyl/N-ethyl adjacent to an activating group) is 2. The molecule has 0 atom stereocenters. The van der Waals surface area contributed by atoms with Crippen molar-refractivity contribution in [2.75, 3.05) is 70.6 Å². The molecule has 0 bridgehead atoms. The summed E-state index contributed by atoms with van der Waals surface area (Å²) in [7, 11) is 6.09. The van der Waals surface area contributed by atoms with Gasteiger partial charge >= 0.3 is 0 Å². The maximum atomic E-state index is 12.1. The van der Waals surface area contributed by atoms with Crippen LogP contribution in [0.3, 0.4) is 0 Å². The predicted octanol–water partition coefficient (Wildman–Crippen LogP) is 1.26. The lowest BCUT2D eigenvalue weighted by Gasteiger charge is -2.34. The van der Waals surface area contributed by atoms with E-state index in [1.54, 1.807) is 12.4 Å². The molecule has 1 saturated heterocycles. The fraction of sp³-hybridized carbons (Fsp3) is 0.450. The van der Waals surface area contributed by atoms with Gasteiger partial charge in [-0.1, -0.05) is 0 Å². The van der Waals surface area contributed by atoms with E-state index in [0.29, 0.717) is 18.1 Å². The van der Waals surface area contributed by atoms with Gasteiger partial charge < -0.3 is 25.3 Å². The molecule has 2 heterocycles. The van der Waals surface area contributed by atoms with E-state index in [-0.39, 0.29) is 5.91 Å². The Hall–Kier alpha value is -2.71. The van der Waals surface area contributed by atoms with Crippen molar-refractivity contribution in [2.45, 2.75) is 0 Å². The summed E-state index contributed by atoms with van der Waals surface area (Å²) in [6.07, 6.45) is 3.08. The van der Waals surface area contributed by atoms with Gasteiger partial charge in [0.1, 0.15) is 0 Å². The molecular weight excluding hydrogens is 354 g/mol. The Morgan fingerprint density at radius 2 is 1.71 bits per heavy atom. The fourth-order valence-corrected chi connectivity index (χ4v) is 2.95. The molecular formula is C20H29N7O. The van der Waals surface area contributed by atoms with Crippen molar-refractivity contribution in [2.24, 2.45) is 0 Å². The Morgan fingerprint density at radius 3 is 2.32 bits per heavy atom. The van der Waals surface area contributed by atoms with Gasteiger partial charge in [-0.15, -0.1) is 0 Å². The van der Waals surface area contributed by atoms with Gasteiger partial charge in [-0.05, 0) is 45.4 Å². The number of nitrogens with one attached hydrogen (secondary N) is 2. The molecule has 0 spiro atoms. The summed E-state index contributed by atoms with van der Waals surface area (Å²) in [5, 5.41) is 6.03. The number of rotatable bonds is 7. The first kappa shape index (κ1) is 20.0. The number of piperazine rings is 1. The van der Waals surface area contributed by atoms with Crippen molar-refractivity contribution >= 4 is 23.2 Å². The second-order valence-electron chi connectivity index (χ2n) is 7.32. The van der Waals surface area contributed by atoms with Gasteiger partial charge in [-0.25, -0.2) is 9.97 Å². The second-order valence-corrected chi connectivity index (χ2v) is 7.32. The first-order chi connectivity index (χ1) is 13.5. The van der Waals surface area contributed by atoms with Crippen LogP contribution in [-0.4, -0.2) is 86.1 Å². The molecule has 2 aromatic rings. The number of carbonyl (C=O) groups is 1. The quantitative estimate of drug-likeness (QED) is 0.745. The Morgan fingerprint density at radius 1 is 1.07 bits per heavy atom. The molecule has 28 heavy (non-hydrogen) atoms. The summed E-state index contributed by atoms with van der Waals surface area (Å²) in [6, 6.07) is 8.28. The first-order valence-electron chi connectivity index (χ1n) is 9.57. The summed E-state index contributed by atoms with van der Waals surface area (Å²) in [6.45, 7) is 5.64. The standard InChI is InChI=1S/C20H29N7O/c1-25(2)9-8-21-19(28)16-14-22-20(23-15-16)24-17-4-6-18(7-5-17)27-12-10-26(3)11-13-27/h4-7,14-15H,8-13H2,1-3H3,(H,21,28)(H,22,23,24). The molecule has 1 aromatic carbocycles. The third-order valence-corrected chi connectivity index (χ3v) is 4.75. The minimum atomic E-state index is -0.162. The van der Waals surface area contributed by atoms with E-state index in [2.05, 4.69) is 49.6 Å². The Labute approximate surface area is 166 Å². The zero-order valence-corrected chi connectivity index (χ0v) is 16.9. The van der Waals surface area contributed by atoms with Gasteiger partial charge in [0, 0.05) is 63.0 Å². The number of anilines is 3. The SMILES string of the molecule is CN(C)CCNC(=O)c1cnc(Nc2ccc(N3CCN(C)CC3)cc2)nc1. The highest BCUT2D eigenvalue weighted by molar-refractivity contribution is 5.93. The summed E-state index contributed by atoms with van der Waals surface area (Å²) in [5.41, 5.74) is 2.60. The van der Waals surface area contributed by atoms with E-state index in [0.717, 1.165) is 38.4 Å². The number of benzene rings is 1. The van der Waals surface area contributed by atoms with Gasteiger partial charge in [-0.3, -0.25) is 4.79 Å². The largest absolute Gasteiger partial charge is 0.369 e. The van der Waals surface area contributed by atoms with E-state index in [1.165, 1.54) is 5.69 Å². The van der Waals surface area contributed by atoms with Crippen molar-refractivity contribution in [3.63, 3.8) is 0 Å². The van der Waals surface area contributed by atoms with Crippen LogP contribution in [-0.2, 0) is 0 Å². The highest BCUT2D eigenvalue weighted by Crippen LogP contribution is 2.20. The predicted molar refractivity (Wildman–Crippen MR) is 112 cm³/mol. The molecule has 1 amide bonds. The highest BCUT2D eigenvalue weighted by Gasteiger charge is 2.14. The lowest BCUT2D eigenvalue weighted by molar-refractivity contribution is 0.0950. The van der Waals surface area contributed by atoms with Gasteiger partial charge in [-0.2, -0.15) is 0 Å². The number of hydrogen-bond donors (Lipinski definition) is 2. The third-order valence-electron chi connectivity index (χ3n) is 4.75. The minimum Gasteiger partial charge on any atom is -0.369 e. The van der Waals surface area contributed by atoms with Crippen molar-refractivity contribution in [3.8, 4) is 0 Å². The Balaban J connectivity index is 1.53. The van der Waals surface area contributed by atoms with Crippen LogP contribution in [0.4, 0.5) is 17.3 Å². The van der Waals surface area contributed by atoms with Gasteiger partial charge in [0.15, 0.2) is 0 Å². The smallest absolute Gasteiger partial charge is 0.254 e. The van der Waals surface area contributed by atoms with Crippen LogP contribution in [0.5, 0.6) is 0 Å². The molecule has 150 valence electrons. The molecule has 8 heteroatoms. The van der Waals surface area contributed by atoms with Crippen molar-refractivity contribution < 1.29 is 4.79 Å². The van der Waals surface area contributed by atoms with Gasteiger partial charge in [0.05, 0.1) is 5.56 Å². The van der Waals surface area contributed by atoms with Crippen molar-refractivity contribution in [3.05, 3.63) is 42.2 Å². The molecule has 0 radical (unpaired) electrons. The summed E-state index contributed by atoms with van der Waals surface area (Å²) >= 11 is 0. The van der Waals surface area contributed by atoms with E-state index >= 15 is 0 Å². The van der Waals surface area contributed by atoms with Gasteiger partial charge in [0.2, 0.25) is 5.95 Å². The minimum absolute atomic E-state index is 0.162. The van der Waals surface area contributed by atoms with Crippen LogP contribution in [0.1, 0.15) is 10.4 Å². The number of aromatic nitrogens is 2.